The van der Waals surface area contributed by atoms with Crippen LogP contribution in [-0.2, 0) is 14.4 Å². The second-order valence-electron chi connectivity index (χ2n) is 4.19. The van der Waals surface area contributed by atoms with Gasteiger partial charge in [-0.25, -0.2) is 0 Å². The molecule has 0 unspecified atom stereocenters. The Morgan fingerprint density at radius 1 is 1.15 bits per heavy atom. The molecule has 0 amide bonds. The molecule has 1 atom stereocenters. The maximum Gasteiger partial charge on any atom is 1.00 e. The average molecular weight is 297 g/mol. The van der Waals surface area contributed by atoms with E-state index in [1.807, 2.05) is 6.29 Å². The summed E-state index contributed by atoms with van der Waals surface area (Å²) in [4.78, 5) is 29.6. The maximum atomic E-state index is 9.99. The zero-order valence-electron chi connectivity index (χ0n) is 12.4. The van der Waals surface area contributed by atoms with E-state index in [1.54, 1.807) is 0 Å². The number of carbonyl (C=O) groups excluding carboxylic acids is 1. The minimum absolute atomic E-state index is 0. The van der Waals surface area contributed by atoms with E-state index in [1.165, 1.54) is 25.7 Å². The van der Waals surface area contributed by atoms with Gasteiger partial charge in [0.25, 0.3) is 0 Å². The first-order valence-corrected chi connectivity index (χ1v) is 6.50. The van der Waals surface area contributed by atoms with E-state index >= 15 is 0 Å². The molecule has 0 aromatic carbocycles. The van der Waals surface area contributed by atoms with Gasteiger partial charge in [-0.15, -0.1) is 0 Å². The Kier molecular flexibility index (Phi) is 22.8. The fourth-order valence-electron chi connectivity index (χ4n) is 1.20. The predicted molar refractivity (Wildman–Crippen MR) is 71.6 cm³/mol. The molecule has 0 rings (SSSR count). The van der Waals surface area contributed by atoms with Crippen LogP contribution in [0.3, 0.4) is 0 Å². The fourth-order valence-corrected chi connectivity index (χ4v) is 1.20. The van der Waals surface area contributed by atoms with Crippen molar-refractivity contribution in [1.82, 2.24) is 0 Å². The first kappa shape index (κ1) is 24.6. The summed E-state index contributed by atoms with van der Waals surface area (Å²) in [5, 5.41) is 16.3. The van der Waals surface area contributed by atoms with Crippen LogP contribution in [-0.4, -0.2) is 34.5 Å². The second-order valence-corrected chi connectivity index (χ2v) is 4.19. The third-order valence-corrected chi connectivity index (χ3v) is 2.37. The Hall–Kier alpha value is -0.430. The first-order valence-electron chi connectivity index (χ1n) is 6.50. The van der Waals surface area contributed by atoms with Gasteiger partial charge < -0.3 is 20.7 Å². The number of carboxylic acids is 2. The van der Waals surface area contributed by atoms with Gasteiger partial charge in [-0.2, -0.15) is 6.42 Å². The van der Waals surface area contributed by atoms with Gasteiger partial charge in [0.2, 0.25) is 0 Å². The molecule has 0 radical (unpaired) electrons. The van der Waals surface area contributed by atoms with Crippen LogP contribution in [0.4, 0.5) is 0 Å². The molecule has 0 saturated heterocycles. The van der Waals surface area contributed by atoms with E-state index in [2.05, 4.69) is 6.92 Å². The Morgan fingerprint density at radius 3 is 2.10 bits per heavy atom. The molecule has 20 heavy (non-hydrogen) atoms. The van der Waals surface area contributed by atoms with E-state index < -0.39 is 18.0 Å². The summed E-state index contributed by atoms with van der Waals surface area (Å²) in [5.41, 5.74) is 5.00. The van der Waals surface area contributed by atoms with E-state index in [9.17, 15) is 14.4 Å². The fraction of sp³-hybridized carbons (Fsp3) is 0.769. The van der Waals surface area contributed by atoms with Crippen LogP contribution in [0.2, 0.25) is 0 Å². The Morgan fingerprint density at radius 2 is 1.70 bits per heavy atom. The summed E-state index contributed by atoms with van der Waals surface area (Å²) in [6.07, 6.45) is 8.38. The Balaban J connectivity index is -0.000000277. The van der Waals surface area contributed by atoms with Gasteiger partial charge in [0.15, 0.2) is 0 Å². The molecule has 112 valence electrons. The van der Waals surface area contributed by atoms with Crippen molar-refractivity contribution in [2.24, 2.45) is 5.73 Å². The number of rotatable bonds is 10. The van der Waals surface area contributed by atoms with Gasteiger partial charge in [-0.3, -0.25) is 15.9 Å². The van der Waals surface area contributed by atoms with Crippen molar-refractivity contribution in [3.8, 4) is 0 Å². The topological polar surface area (TPSA) is 118 Å². The molecule has 0 fully saturated rings. The van der Waals surface area contributed by atoms with Crippen LogP contribution < -0.4 is 35.3 Å². The molecule has 6 nitrogen and oxygen atoms in total. The van der Waals surface area contributed by atoms with Crippen molar-refractivity contribution in [3.05, 3.63) is 0 Å². The van der Waals surface area contributed by atoms with Crippen LogP contribution in [0, 0.1) is 0 Å². The van der Waals surface area contributed by atoms with Crippen LogP contribution in [0.1, 0.15) is 58.3 Å². The van der Waals surface area contributed by atoms with Crippen molar-refractivity contribution in [2.45, 2.75) is 64.3 Å². The third-order valence-electron chi connectivity index (χ3n) is 2.37. The van der Waals surface area contributed by atoms with Gasteiger partial charge in [0.1, 0.15) is 6.04 Å². The number of aliphatic carboxylic acids is 2. The number of nitrogens with two attached hydrogens (primary N) is 1. The van der Waals surface area contributed by atoms with Gasteiger partial charge in [0, 0.05) is 6.42 Å². The SMILES string of the molecule is CCCCCCC[C-]=O.N[C@@H](CCC(=O)O)C(=O)O.[Na+]. The minimum Gasteiger partial charge on any atom is -0.542 e. The summed E-state index contributed by atoms with van der Waals surface area (Å²) in [6, 6.07) is -1.06. The number of hydrogen-bond acceptors (Lipinski definition) is 4. The predicted octanol–water partition coefficient (Wildman–Crippen LogP) is -1.28. The summed E-state index contributed by atoms with van der Waals surface area (Å²) < 4.78 is 0. The zero-order chi connectivity index (χ0) is 15.1. The van der Waals surface area contributed by atoms with E-state index in [0.29, 0.717) is 6.42 Å². The molecular weight excluding hydrogens is 273 g/mol. The smallest absolute Gasteiger partial charge is 0.542 e. The normalized spacial score (nSPS) is 10.5. The summed E-state index contributed by atoms with van der Waals surface area (Å²) >= 11 is 0. The van der Waals surface area contributed by atoms with Gasteiger partial charge in [0.05, 0.1) is 0 Å². The molecule has 0 aliphatic rings. The summed E-state index contributed by atoms with van der Waals surface area (Å²) in [7, 11) is 0. The summed E-state index contributed by atoms with van der Waals surface area (Å²) in [5.74, 6) is -2.20. The van der Waals surface area contributed by atoms with Crippen molar-refractivity contribution in [1.29, 1.82) is 0 Å². The quantitative estimate of drug-likeness (QED) is 0.263. The van der Waals surface area contributed by atoms with Crippen molar-refractivity contribution < 1.29 is 54.2 Å². The molecule has 0 saturated carbocycles. The van der Waals surface area contributed by atoms with E-state index in [0.717, 1.165) is 6.42 Å². The molecular formula is C13H24NNaO5. The third kappa shape index (κ3) is 22.7. The summed E-state index contributed by atoms with van der Waals surface area (Å²) in [6.45, 7) is 2.19. The zero-order valence-corrected chi connectivity index (χ0v) is 14.4. The van der Waals surface area contributed by atoms with Crippen LogP contribution in [0.15, 0.2) is 0 Å². The molecule has 0 aromatic heterocycles. The van der Waals surface area contributed by atoms with Crippen molar-refractivity contribution in [2.75, 3.05) is 0 Å². The molecule has 0 aliphatic heterocycles. The Bertz CT molecular complexity index is 261. The monoisotopic (exact) mass is 297 g/mol. The number of carboxylic acid groups (broad SMARTS) is 2. The first-order chi connectivity index (χ1) is 8.95. The van der Waals surface area contributed by atoms with E-state index in [4.69, 9.17) is 15.9 Å². The van der Waals surface area contributed by atoms with Gasteiger partial charge in [-0.05, 0) is 6.42 Å². The van der Waals surface area contributed by atoms with Crippen molar-refractivity contribution >= 4 is 18.2 Å². The molecule has 4 N–H and O–H groups in total. The Labute approximate surface area is 142 Å². The van der Waals surface area contributed by atoms with Gasteiger partial charge >= 0.3 is 41.5 Å². The number of carbonyl (C=O) groups is 2. The second kappa shape index (κ2) is 18.6. The average Bonchev–Trinajstić information content (AvgIpc) is 2.36. The molecule has 0 aliphatic carbocycles. The van der Waals surface area contributed by atoms with Crippen LogP contribution >= 0.6 is 0 Å². The van der Waals surface area contributed by atoms with Crippen molar-refractivity contribution in [3.63, 3.8) is 0 Å². The number of hydrogen-bond donors (Lipinski definition) is 3. The molecule has 7 heteroatoms. The molecule has 0 heterocycles. The van der Waals surface area contributed by atoms with Gasteiger partial charge in [-0.1, -0.05) is 39.0 Å². The largest absolute Gasteiger partial charge is 1.00 e. The molecule has 0 bridgehead atoms. The maximum absolute atomic E-state index is 9.99. The van der Waals surface area contributed by atoms with Crippen LogP contribution in [0.5, 0.6) is 0 Å². The standard InChI is InChI=1S/C8H15O.C5H9NO4.Na/c1-2-3-4-5-6-7-8-9;6-3(5(9)10)1-2-4(7)8;/h2-7H2,1H3;3H,1-2,6H2,(H,7,8)(H,9,10);/q-1;;+1/t;3-;/m.0./s1. The van der Waals surface area contributed by atoms with E-state index in [-0.39, 0.29) is 42.4 Å². The molecule has 0 spiro atoms. The van der Waals surface area contributed by atoms with Crippen LogP contribution in [0.25, 0.3) is 0 Å². The number of unbranched alkanes of at least 4 members (excludes halogenated alkanes) is 5. The minimum atomic E-state index is -1.17. The molecule has 0 aromatic rings.